The van der Waals surface area contributed by atoms with E-state index in [9.17, 15) is 4.79 Å². The lowest BCUT2D eigenvalue weighted by atomic mass is 10.1. The molecule has 7 heteroatoms. The lowest BCUT2D eigenvalue weighted by Gasteiger charge is -2.10. The molecule has 0 saturated heterocycles. The molecule has 0 spiro atoms. The van der Waals surface area contributed by atoms with Gasteiger partial charge in [0.1, 0.15) is 6.61 Å². The number of benzene rings is 3. The Labute approximate surface area is 183 Å². The molecule has 0 radical (unpaired) electrons. The van der Waals surface area contributed by atoms with E-state index in [1.807, 2.05) is 48.7 Å². The average Bonchev–Trinajstić information content (AvgIpc) is 3.29. The summed E-state index contributed by atoms with van der Waals surface area (Å²) in [5.41, 5.74) is 3.06. The molecule has 1 N–H and O–H groups in total. The molecular formula is C23H17Cl2N3O2. The summed E-state index contributed by atoms with van der Waals surface area (Å²) in [5, 5.41) is 7.98. The van der Waals surface area contributed by atoms with Crippen molar-refractivity contribution in [3.05, 3.63) is 106 Å². The number of anilines is 1. The summed E-state index contributed by atoms with van der Waals surface area (Å²) in [6, 6.07) is 21.7. The number of hydrogen-bond acceptors (Lipinski definition) is 3. The minimum atomic E-state index is -0.191. The molecule has 0 unspecified atom stereocenters. The Morgan fingerprint density at radius 2 is 1.63 bits per heavy atom. The van der Waals surface area contributed by atoms with Crippen LogP contribution in [0.4, 0.5) is 5.69 Å². The number of ether oxygens (including phenoxy) is 1. The average molecular weight is 438 g/mol. The van der Waals surface area contributed by atoms with Crippen molar-refractivity contribution in [2.24, 2.45) is 0 Å². The third kappa shape index (κ3) is 4.64. The number of nitrogens with one attached hydrogen (secondary N) is 1. The minimum Gasteiger partial charge on any atom is -0.486 e. The molecule has 5 nitrogen and oxygen atoms in total. The van der Waals surface area contributed by atoms with Crippen LogP contribution in [0.15, 0.2) is 85.2 Å². The van der Waals surface area contributed by atoms with Gasteiger partial charge in [-0.15, -0.1) is 0 Å². The topological polar surface area (TPSA) is 56.2 Å². The van der Waals surface area contributed by atoms with E-state index in [1.165, 1.54) is 0 Å². The highest BCUT2D eigenvalue weighted by Crippen LogP contribution is 2.32. The maximum atomic E-state index is 12.5. The van der Waals surface area contributed by atoms with E-state index >= 15 is 0 Å². The Morgan fingerprint density at radius 1 is 0.933 bits per heavy atom. The summed E-state index contributed by atoms with van der Waals surface area (Å²) in [7, 11) is 0. The fourth-order valence-corrected chi connectivity index (χ4v) is 3.36. The van der Waals surface area contributed by atoms with Gasteiger partial charge in [-0.3, -0.25) is 4.79 Å². The smallest absolute Gasteiger partial charge is 0.255 e. The molecule has 4 aromatic rings. The Balaban J connectivity index is 1.37. The minimum absolute atomic E-state index is 0.191. The first-order valence-corrected chi connectivity index (χ1v) is 9.93. The summed E-state index contributed by atoms with van der Waals surface area (Å²) in [6.45, 7) is 0.292. The van der Waals surface area contributed by atoms with Crippen molar-refractivity contribution in [3.63, 3.8) is 0 Å². The van der Waals surface area contributed by atoms with Gasteiger partial charge in [-0.25, -0.2) is 4.68 Å². The zero-order chi connectivity index (χ0) is 20.9. The second-order valence-corrected chi connectivity index (χ2v) is 7.30. The molecule has 0 bridgehead atoms. The Hall–Kier alpha value is -3.28. The molecule has 1 amide bonds. The number of halogens is 2. The molecule has 0 aliphatic heterocycles. The highest BCUT2D eigenvalue weighted by molar-refractivity contribution is 6.37. The van der Waals surface area contributed by atoms with E-state index in [1.54, 1.807) is 41.2 Å². The number of nitrogens with zero attached hydrogens (tertiary/aromatic N) is 2. The zero-order valence-electron chi connectivity index (χ0n) is 15.8. The van der Waals surface area contributed by atoms with Crippen molar-refractivity contribution in [2.45, 2.75) is 6.61 Å². The van der Waals surface area contributed by atoms with Gasteiger partial charge < -0.3 is 10.1 Å². The van der Waals surface area contributed by atoms with Crippen LogP contribution in [0.25, 0.3) is 5.69 Å². The first kappa shape index (κ1) is 20.0. The van der Waals surface area contributed by atoms with Crippen molar-refractivity contribution in [2.75, 3.05) is 5.32 Å². The summed E-state index contributed by atoms with van der Waals surface area (Å²) < 4.78 is 7.47. The molecule has 4 rings (SSSR count). The van der Waals surface area contributed by atoms with Gasteiger partial charge in [-0.1, -0.05) is 41.4 Å². The van der Waals surface area contributed by atoms with Gasteiger partial charge in [-0.05, 0) is 60.2 Å². The number of carbonyl (C=O) groups excluding carboxylic acids is 1. The summed E-state index contributed by atoms with van der Waals surface area (Å²) in [6.07, 6.45) is 3.58. The number of rotatable bonds is 6. The molecule has 0 aliphatic rings. The van der Waals surface area contributed by atoms with Gasteiger partial charge in [0, 0.05) is 23.6 Å². The number of hydrogen-bond donors (Lipinski definition) is 1. The van der Waals surface area contributed by atoms with Gasteiger partial charge >= 0.3 is 0 Å². The third-order valence-electron chi connectivity index (χ3n) is 4.41. The van der Waals surface area contributed by atoms with Gasteiger partial charge in [-0.2, -0.15) is 5.10 Å². The van der Waals surface area contributed by atoms with E-state index < -0.39 is 0 Å². The largest absolute Gasteiger partial charge is 0.486 e. The van der Waals surface area contributed by atoms with E-state index in [-0.39, 0.29) is 5.91 Å². The van der Waals surface area contributed by atoms with Gasteiger partial charge in [0.2, 0.25) is 0 Å². The fourth-order valence-electron chi connectivity index (χ4n) is 2.85. The highest BCUT2D eigenvalue weighted by atomic mass is 35.5. The number of para-hydroxylation sites is 1. The van der Waals surface area contributed by atoms with Crippen LogP contribution in [0.5, 0.6) is 5.75 Å². The van der Waals surface area contributed by atoms with E-state index in [4.69, 9.17) is 27.9 Å². The predicted octanol–water partition coefficient (Wildman–Crippen LogP) is 6.01. The monoisotopic (exact) mass is 437 g/mol. The molecule has 0 atom stereocenters. The van der Waals surface area contributed by atoms with Gasteiger partial charge in [0.25, 0.3) is 5.91 Å². The second-order valence-electron chi connectivity index (χ2n) is 6.49. The van der Waals surface area contributed by atoms with E-state index in [0.29, 0.717) is 33.7 Å². The van der Waals surface area contributed by atoms with Crippen LogP contribution in [0, 0.1) is 0 Å². The van der Waals surface area contributed by atoms with E-state index in [2.05, 4.69) is 10.4 Å². The molecule has 3 aromatic carbocycles. The normalized spacial score (nSPS) is 10.6. The summed E-state index contributed by atoms with van der Waals surface area (Å²) >= 11 is 12.2. The molecule has 0 fully saturated rings. The molecule has 30 heavy (non-hydrogen) atoms. The van der Waals surface area contributed by atoms with Crippen LogP contribution in [0.1, 0.15) is 15.9 Å². The molecule has 150 valence electrons. The second kappa shape index (κ2) is 9.03. The highest BCUT2D eigenvalue weighted by Gasteiger charge is 2.09. The maximum absolute atomic E-state index is 12.5. The Morgan fingerprint density at radius 3 is 2.27 bits per heavy atom. The van der Waals surface area contributed by atoms with Crippen LogP contribution >= 0.6 is 23.2 Å². The van der Waals surface area contributed by atoms with Gasteiger partial charge in [0.15, 0.2) is 5.75 Å². The first-order chi connectivity index (χ1) is 14.6. The zero-order valence-corrected chi connectivity index (χ0v) is 17.3. The number of carbonyl (C=O) groups is 1. The van der Waals surface area contributed by atoms with Crippen LogP contribution in [-0.2, 0) is 6.61 Å². The van der Waals surface area contributed by atoms with Crippen LogP contribution < -0.4 is 10.1 Å². The molecule has 0 saturated carbocycles. The van der Waals surface area contributed by atoms with Gasteiger partial charge in [0.05, 0.1) is 15.7 Å². The SMILES string of the molecule is O=C(Nc1ccc(-n2cccn2)cc1)c1ccc(COc2c(Cl)cccc2Cl)cc1. The van der Waals surface area contributed by atoms with Crippen molar-refractivity contribution in [3.8, 4) is 11.4 Å². The summed E-state index contributed by atoms with van der Waals surface area (Å²) in [5.74, 6) is 0.254. The standard InChI is InChI=1S/C23H17Cl2N3O2/c24-20-3-1-4-21(25)22(20)30-15-16-5-7-17(8-6-16)23(29)27-18-9-11-19(12-10-18)28-14-2-13-26-28/h1-14H,15H2,(H,27,29). The molecule has 0 aliphatic carbocycles. The Bertz CT molecular complexity index is 1120. The Kier molecular flexibility index (Phi) is 6.02. The maximum Gasteiger partial charge on any atom is 0.255 e. The fraction of sp³-hybridized carbons (Fsp3) is 0.0435. The third-order valence-corrected chi connectivity index (χ3v) is 5.01. The van der Waals surface area contributed by atoms with Crippen molar-refractivity contribution < 1.29 is 9.53 Å². The molecule has 1 heterocycles. The summed E-state index contributed by atoms with van der Waals surface area (Å²) in [4.78, 5) is 12.5. The number of amides is 1. The molecular weight excluding hydrogens is 421 g/mol. The lowest BCUT2D eigenvalue weighted by Crippen LogP contribution is -2.12. The van der Waals surface area contributed by atoms with Crippen molar-refractivity contribution in [1.82, 2.24) is 9.78 Å². The quantitative estimate of drug-likeness (QED) is 0.401. The van der Waals surface area contributed by atoms with Crippen LogP contribution in [0.3, 0.4) is 0 Å². The first-order valence-electron chi connectivity index (χ1n) is 9.17. The van der Waals surface area contributed by atoms with Crippen LogP contribution in [-0.4, -0.2) is 15.7 Å². The van der Waals surface area contributed by atoms with Crippen molar-refractivity contribution in [1.29, 1.82) is 0 Å². The predicted molar refractivity (Wildman–Crippen MR) is 119 cm³/mol. The molecule has 1 aromatic heterocycles. The van der Waals surface area contributed by atoms with Crippen LogP contribution in [0.2, 0.25) is 10.0 Å². The van der Waals surface area contributed by atoms with E-state index in [0.717, 1.165) is 11.3 Å². The lowest BCUT2D eigenvalue weighted by molar-refractivity contribution is 0.102. The number of aromatic nitrogens is 2. The van der Waals surface area contributed by atoms with Crippen molar-refractivity contribution >= 4 is 34.8 Å².